The molecule has 0 aliphatic heterocycles. The monoisotopic (exact) mass is 820 g/mol. The van der Waals surface area contributed by atoms with Gasteiger partial charge in [0.2, 0.25) is 0 Å². The van der Waals surface area contributed by atoms with E-state index in [1.165, 1.54) is 31.8 Å². The van der Waals surface area contributed by atoms with Gasteiger partial charge in [-0.2, -0.15) is 21.6 Å². The third kappa shape index (κ3) is 12.3. The molecule has 0 amide bonds. The molecule has 0 aliphatic rings. The summed E-state index contributed by atoms with van der Waals surface area (Å²) in [5, 5.41) is 8.39. The van der Waals surface area contributed by atoms with E-state index < -0.39 is 38.1 Å². The van der Waals surface area contributed by atoms with Crippen molar-refractivity contribution in [2.75, 3.05) is 6.61 Å². The van der Waals surface area contributed by atoms with E-state index in [-0.39, 0.29) is 20.4 Å². The number of alkyl halides is 3. The molecule has 3 nitrogen and oxygen atoms in total. The number of benzene rings is 6. The summed E-state index contributed by atoms with van der Waals surface area (Å²) in [6, 6.07) is 64.7. The van der Waals surface area contributed by atoms with E-state index >= 15 is 0 Å². The van der Waals surface area contributed by atoms with E-state index in [4.69, 9.17) is 0 Å². The van der Waals surface area contributed by atoms with Crippen molar-refractivity contribution in [2.24, 2.45) is 0 Å². The molecule has 260 valence electrons. The smallest absolute Gasteiger partial charge is 0.259 e. The van der Waals surface area contributed by atoms with E-state index in [9.17, 15) is 21.6 Å². The summed E-state index contributed by atoms with van der Waals surface area (Å²) in [6.07, 6.45) is 0.906. The van der Waals surface area contributed by atoms with Crippen molar-refractivity contribution < 1.29 is 46.2 Å². The molecular formula is C40H35F3O3P2PdS. The standard InChI is InChI=1S/2C18H15P.C4H5F3O3S.Pd/c2*1-4-10-16(11-5-1)19(17-12-6-2-7-13-17)18-14-8-3-9-15-18;1-2-3-10-11(8,9)4(5,6)7;/h2*1-15H;2H,1,3H2;. The first kappa shape index (κ1) is 40.7. The molecule has 6 aromatic rings. The normalized spacial score (nSPS) is 10.9. The average molecular weight is 821 g/mol. The molecule has 50 heavy (non-hydrogen) atoms. The van der Waals surface area contributed by atoms with Crippen LogP contribution in [-0.4, -0.2) is 20.5 Å². The predicted molar refractivity (Wildman–Crippen MR) is 201 cm³/mol. The Morgan fingerprint density at radius 1 is 0.480 bits per heavy atom. The second-order valence-electron chi connectivity index (χ2n) is 10.2. The maximum atomic E-state index is 11.4. The number of hydrogen-bond donors (Lipinski definition) is 0. The summed E-state index contributed by atoms with van der Waals surface area (Å²) < 4.78 is 57.7. The van der Waals surface area contributed by atoms with Crippen LogP contribution in [0.15, 0.2) is 195 Å². The van der Waals surface area contributed by atoms with Crippen LogP contribution < -0.4 is 31.8 Å². The quantitative estimate of drug-likeness (QED) is 0.0490. The molecule has 0 bridgehead atoms. The van der Waals surface area contributed by atoms with Gasteiger partial charge in [0.05, 0.1) is 6.61 Å². The Bertz CT molecular complexity index is 1620. The summed E-state index contributed by atoms with van der Waals surface area (Å²) in [5.41, 5.74) is -5.35. The SMILES string of the molecule is C=CCOS(=O)(=O)C(F)(F)F.[Pd].c1ccc(P(c2ccccc2)c2ccccc2)cc1.c1ccc(P(c2ccccc2)c2ccccc2)cc1. The van der Waals surface area contributed by atoms with Crippen LogP contribution in [0.25, 0.3) is 0 Å². The van der Waals surface area contributed by atoms with Crippen molar-refractivity contribution in [3.8, 4) is 0 Å². The van der Waals surface area contributed by atoms with E-state index in [2.05, 4.69) is 193 Å². The van der Waals surface area contributed by atoms with E-state index in [1.807, 2.05) is 0 Å². The molecule has 10 heteroatoms. The molecule has 0 radical (unpaired) electrons. The minimum absolute atomic E-state index is 0. The fraction of sp³-hybridized carbons (Fsp3) is 0.0500. The topological polar surface area (TPSA) is 43.4 Å². The van der Waals surface area contributed by atoms with Gasteiger partial charge in [-0.15, -0.1) is 6.58 Å². The maximum Gasteiger partial charge on any atom is 0.523 e. The minimum atomic E-state index is -5.43. The van der Waals surface area contributed by atoms with Gasteiger partial charge in [-0.1, -0.05) is 188 Å². The zero-order valence-corrected chi connectivity index (χ0v) is 30.9. The van der Waals surface area contributed by atoms with Crippen LogP contribution in [0.3, 0.4) is 0 Å². The van der Waals surface area contributed by atoms with Crippen LogP contribution in [0, 0.1) is 0 Å². The summed E-state index contributed by atoms with van der Waals surface area (Å²) in [4.78, 5) is 0. The van der Waals surface area contributed by atoms with Gasteiger partial charge in [0.1, 0.15) is 0 Å². The van der Waals surface area contributed by atoms with Crippen molar-refractivity contribution in [1.82, 2.24) is 0 Å². The van der Waals surface area contributed by atoms with Gasteiger partial charge >= 0.3 is 15.6 Å². The van der Waals surface area contributed by atoms with Gasteiger partial charge in [0.25, 0.3) is 0 Å². The molecule has 0 aliphatic carbocycles. The van der Waals surface area contributed by atoms with E-state index in [0.717, 1.165) is 6.08 Å². The van der Waals surface area contributed by atoms with Crippen molar-refractivity contribution in [2.45, 2.75) is 5.51 Å². The maximum absolute atomic E-state index is 11.4. The Morgan fingerprint density at radius 3 is 0.840 bits per heavy atom. The van der Waals surface area contributed by atoms with Crippen LogP contribution in [0.1, 0.15) is 0 Å². The van der Waals surface area contributed by atoms with Gasteiger partial charge in [0.15, 0.2) is 0 Å². The number of halogens is 3. The zero-order valence-electron chi connectivity index (χ0n) is 26.8. The van der Waals surface area contributed by atoms with Crippen molar-refractivity contribution in [3.05, 3.63) is 195 Å². The number of rotatable bonds is 9. The summed E-state index contributed by atoms with van der Waals surface area (Å²) in [6.45, 7) is 2.31. The molecular weight excluding hydrogens is 786 g/mol. The summed E-state index contributed by atoms with van der Waals surface area (Å²) in [5.74, 6) is 0. The van der Waals surface area contributed by atoms with Crippen molar-refractivity contribution in [1.29, 1.82) is 0 Å². The fourth-order valence-corrected chi connectivity index (χ4v) is 9.58. The van der Waals surface area contributed by atoms with Crippen LogP contribution >= 0.6 is 15.8 Å². The molecule has 0 unspecified atom stereocenters. The average Bonchev–Trinajstić information content (AvgIpc) is 3.14. The third-order valence-electron chi connectivity index (χ3n) is 6.71. The molecule has 6 aromatic carbocycles. The molecule has 0 heterocycles. The van der Waals surface area contributed by atoms with Gasteiger partial charge in [-0.3, -0.25) is 4.18 Å². The molecule has 0 saturated heterocycles. The first-order valence-corrected chi connectivity index (χ1v) is 19.3. The summed E-state index contributed by atoms with van der Waals surface area (Å²) >= 11 is 0. The molecule has 0 fully saturated rings. The predicted octanol–water partition coefficient (Wildman–Crippen LogP) is 7.93. The molecule has 6 rings (SSSR count). The summed E-state index contributed by atoms with van der Waals surface area (Å²) in [7, 11) is -6.32. The second kappa shape index (κ2) is 20.8. The van der Waals surface area contributed by atoms with Crippen molar-refractivity contribution >= 4 is 57.8 Å². The van der Waals surface area contributed by atoms with Crippen LogP contribution in [0.2, 0.25) is 0 Å². The van der Waals surface area contributed by atoms with Crippen LogP contribution in [0.4, 0.5) is 13.2 Å². The zero-order chi connectivity index (χ0) is 35.0. The van der Waals surface area contributed by atoms with E-state index in [1.54, 1.807) is 0 Å². The Morgan fingerprint density at radius 2 is 0.680 bits per heavy atom. The van der Waals surface area contributed by atoms with Gasteiger partial charge in [-0.25, -0.2) is 0 Å². The minimum Gasteiger partial charge on any atom is -0.259 e. The molecule has 0 spiro atoms. The number of hydrogen-bond acceptors (Lipinski definition) is 3. The Balaban J connectivity index is 0.000000209. The van der Waals surface area contributed by atoms with Gasteiger partial charge < -0.3 is 0 Å². The van der Waals surface area contributed by atoms with Crippen LogP contribution in [-0.2, 0) is 34.7 Å². The second-order valence-corrected chi connectivity index (χ2v) is 16.2. The molecule has 0 N–H and O–H groups in total. The first-order chi connectivity index (χ1) is 23.7. The Kier molecular flexibility index (Phi) is 17.0. The largest absolute Gasteiger partial charge is 0.523 e. The molecule has 0 atom stereocenters. The third-order valence-corrected chi connectivity index (χ3v) is 12.6. The van der Waals surface area contributed by atoms with Crippen molar-refractivity contribution in [3.63, 3.8) is 0 Å². The fourth-order valence-electron chi connectivity index (χ4n) is 4.56. The molecule has 0 aromatic heterocycles. The van der Waals surface area contributed by atoms with Gasteiger partial charge in [0, 0.05) is 20.4 Å². The Hall–Kier alpha value is -3.72. The van der Waals surface area contributed by atoms with E-state index in [0.29, 0.717) is 0 Å². The first-order valence-electron chi connectivity index (χ1n) is 15.2. The van der Waals surface area contributed by atoms with Crippen LogP contribution in [0.5, 0.6) is 0 Å². The van der Waals surface area contributed by atoms with Gasteiger partial charge in [-0.05, 0) is 47.7 Å². The molecule has 0 saturated carbocycles. The Labute approximate surface area is 309 Å².